The first-order valence-corrected chi connectivity index (χ1v) is 7.10. The summed E-state index contributed by atoms with van der Waals surface area (Å²) in [5.41, 5.74) is 0.636. The molecule has 2 N–H and O–H groups in total. The van der Waals surface area contributed by atoms with Crippen molar-refractivity contribution in [3.05, 3.63) is 24.3 Å². The first-order valence-electron chi connectivity index (χ1n) is 5.66. The van der Waals surface area contributed by atoms with Crippen LogP contribution in [0, 0.1) is 0 Å². The highest BCUT2D eigenvalue weighted by atomic mass is 32.2. The molecule has 1 aromatic rings. The molecule has 0 saturated carbocycles. The SMILES string of the molecule is CNCCCN(C)S(=O)(=O)NCc1ccncn1. The molecule has 0 aromatic carbocycles. The molecule has 1 aromatic heterocycles. The predicted molar refractivity (Wildman–Crippen MR) is 69.0 cm³/mol. The molecule has 0 amide bonds. The lowest BCUT2D eigenvalue weighted by molar-refractivity contribution is 0.447. The van der Waals surface area contributed by atoms with Crippen LogP contribution < -0.4 is 10.0 Å². The van der Waals surface area contributed by atoms with Crippen LogP contribution in [0.3, 0.4) is 0 Å². The zero-order chi connectivity index (χ0) is 13.4. The summed E-state index contributed by atoms with van der Waals surface area (Å²) in [6.07, 6.45) is 3.73. The third kappa shape index (κ3) is 5.05. The van der Waals surface area contributed by atoms with Crippen LogP contribution in [0.2, 0.25) is 0 Å². The van der Waals surface area contributed by atoms with Crippen molar-refractivity contribution in [2.45, 2.75) is 13.0 Å². The fourth-order valence-electron chi connectivity index (χ4n) is 1.30. The van der Waals surface area contributed by atoms with Crippen LogP contribution in [-0.4, -0.2) is 49.9 Å². The molecule has 18 heavy (non-hydrogen) atoms. The molecule has 0 aliphatic rings. The van der Waals surface area contributed by atoms with Gasteiger partial charge in [-0.2, -0.15) is 17.4 Å². The maximum Gasteiger partial charge on any atom is 0.279 e. The van der Waals surface area contributed by atoms with E-state index in [-0.39, 0.29) is 6.54 Å². The minimum atomic E-state index is -3.44. The highest BCUT2D eigenvalue weighted by molar-refractivity contribution is 7.87. The fourth-order valence-corrected chi connectivity index (χ4v) is 2.22. The van der Waals surface area contributed by atoms with Crippen molar-refractivity contribution in [1.29, 1.82) is 0 Å². The second kappa shape index (κ2) is 7.37. The first-order chi connectivity index (χ1) is 8.56. The van der Waals surface area contributed by atoms with Gasteiger partial charge in [0.25, 0.3) is 10.2 Å². The number of hydrogen-bond acceptors (Lipinski definition) is 5. The Labute approximate surface area is 108 Å². The second-order valence-electron chi connectivity index (χ2n) is 3.81. The van der Waals surface area contributed by atoms with E-state index in [0.29, 0.717) is 12.2 Å². The van der Waals surface area contributed by atoms with E-state index in [1.807, 2.05) is 7.05 Å². The average molecular weight is 273 g/mol. The van der Waals surface area contributed by atoms with Crippen molar-refractivity contribution in [1.82, 2.24) is 24.3 Å². The number of rotatable bonds is 8. The molecule has 7 nitrogen and oxygen atoms in total. The summed E-state index contributed by atoms with van der Waals surface area (Å²) in [6.45, 7) is 1.42. The van der Waals surface area contributed by atoms with Crippen LogP contribution in [0.5, 0.6) is 0 Å². The van der Waals surface area contributed by atoms with Gasteiger partial charge in [-0.25, -0.2) is 9.97 Å². The largest absolute Gasteiger partial charge is 0.320 e. The lowest BCUT2D eigenvalue weighted by Gasteiger charge is -2.17. The molecule has 1 rings (SSSR count). The molecule has 102 valence electrons. The van der Waals surface area contributed by atoms with Crippen molar-refractivity contribution in [3.63, 3.8) is 0 Å². The van der Waals surface area contributed by atoms with E-state index in [1.54, 1.807) is 19.3 Å². The summed E-state index contributed by atoms with van der Waals surface area (Å²) in [7, 11) is -0.0551. The Morgan fingerprint density at radius 2 is 2.22 bits per heavy atom. The Morgan fingerprint density at radius 1 is 1.44 bits per heavy atom. The van der Waals surface area contributed by atoms with Gasteiger partial charge in [-0.3, -0.25) is 0 Å². The molecule has 0 aliphatic carbocycles. The molecule has 0 atom stereocenters. The van der Waals surface area contributed by atoms with Gasteiger partial charge in [0, 0.05) is 19.8 Å². The van der Waals surface area contributed by atoms with Crippen molar-refractivity contribution in [2.24, 2.45) is 0 Å². The van der Waals surface area contributed by atoms with E-state index >= 15 is 0 Å². The molecule has 0 fully saturated rings. The topological polar surface area (TPSA) is 87.2 Å². The minimum absolute atomic E-state index is 0.168. The van der Waals surface area contributed by atoms with Crippen molar-refractivity contribution < 1.29 is 8.42 Å². The van der Waals surface area contributed by atoms with Crippen LogP contribution in [0.15, 0.2) is 18.6 Å². The van der Waals surface area contributed by atoms with E-state index in [0.717, 1.165) is 13.0 Å². The van der Waals surface area contributed by atoms with Gasteiger partial charge < -0.3 is 5.32 Å². The Hall–Kier alpha value is -1.09. The number of hydrogen-bond donors (Lipinski definition) is 2. The Bertz CT molecular complexity index is 437. The van der Waals surface area contributed by atoms with E-state index in [1.165, 1.54) is 10.6 Å². The molecular weight excluding hydrogens is 254 g/mol. The van der Waals surface area contributed by atoms with Crippen LogP contribution >= 0.6 is 0 Å². The summed E-state index contributed by atoms with van der Waals surface area (Å²) in [6, 6.07) is 1.67. The lowest BCUT2D eigenvalue weighted by atomic mass is 10.4. The number of aromatic nitrogens is 2. The molecule has 0 saturated heterocycles. The third-order valence-corrected chi connectivity index (χ3v) is 3.90. The van der Waals surface area contributed by atoms with E-state index in [9.17, 15) is 8.42 Å². The Morgan fingerprint density at radius 3 is 2.83 bits per heavy atom. The normalized spacial score (nSPS) is 11.9. The van der Waals surface area contributed by atoms with Crippen molar-refractivity contribution in [3.8, 4) is 0 Å². The van der Waals surface area contributed by atoms with Gasteiger partial charge in [0.1, 0.15) is 6.33 Å². The minimum Gasteiger partial charge on any atom is -0.320 e. The van der Waals surface area contributed by atoms with Crippen LogP contribution in [0.4, 0.5) is 0 Å². The first kappa shape index (κ1) is 15.0. The molecule has 0 spiro atoms. The zero-order valence-electron chi connectivity index (χ0n) is 10.6. The van der Waals surface area contributed by atoms with E-state index < -0.39 is 10.2 Å². The molecule has 0 radical (unpaired) electrons. The quantitative estimate of drug-likeness (QED) is 0.615. The monoisotopic (exact) mass is 273 g/mol. The lowest BCUT2D eigenvalue weighted by Crippen LogP contribution is -2.39. The Balaban J connectivity index is 2.44. The summed E-state index contributed by atoms with van der Waals surface area (Å²) in [5.74, 6) is 0. The van der Waals surface area contributed by atoms with E-state index in [2.05, 4.69) is 20.0 Å². The maximum atomic E-state index is 11.8. The van der Waals surface area contributed by atoms with Crippen LogP contribution in [0.1, 0.15) is 12.1 Å². The summed E-state index contributed by atoms with van der Waals surface area (Å²) >= 11 is 0. The number of nitrogens with zero attached hydrogens (tertiary/aromatic N) is 3. The predicted octanol–water partition coefficient (Wildman–Crippen LogP) is -0.648. The molecule has 8 heteroatoms. The maximum absolute atomic E-state index is 11.8. The van der Waals surface area contributed by atoms with Crippen molar-refractivity contribution in [2.75, 3.05) is 27.2 Å². The summed E-state index contributed by atoms with van der Waals surface area (Å²) < 4.78 is 27.5. The van der Waals surface area contributed by atoms with Crippen molar-refractivity contribution >= 4 is 10.2 Å². The van der Waals surface area contributed by atoms with Crippen LogP contribution in [-0.2, 0) is 16.8 Å². The summed E-state index contributed by atoms with van der Waals surface area (Å²) in [5, 5.41) is 2.97. The zero-order valence-corrected chi connectivity index (χ0v) is 11.4. The molecule has 0 bridgehead atoms. The van der Waals surface area contributed by atoms with Gasteiger partial charge in [0.05, 0.1) is 12.2 Å². The molecular formula is C10H19N5O2S. The standard InChI is InChI=1S/C10H19N5O2S/c1-11-5-3-7-15(2)18(16,17)14-8-10-4-6-12-9-13-10/h4,6,9,11,14H,3,5,7-8H2,1-2H3. The summed E-state index contributed by atoms with van der Waals surface area (Å²) in [4.78, 5) is 7.72. The van der Waals surface area contributed by atoms with Gasteiger partial charge in [-0.05, 0) is 26.1 Å². The van der Waals surface area contributed by atoms with Gasteiger partial charge in [0.15, 0.2) is 0 Å². The van der Waals surface area contributed by atoms with Gasteiger partial charge >= 0.3 is 0 Å². The van der Waals surface area contributed by atoms with Gasteiger partial charge in [-0.1, -0.05) is 0 Å². The highest BCUT2D eigenvalue weighted by Gasteiger charge is 2.16. The highest BCUT2D eigenvalue weighted by Crippen LogP contribution is 1.98. The van der Waals surface area contributed by atoms with Gasteiger partial charge in [-0.15, -0.1) is 0 Å². The molecule has 0 unspecified atom stereocenters. The molecule has 0 aliphatic heterocycles. The van der Waals surface area contributed by atoms with Gasteiger partial charge in [0.2, 0.25) is 0 Å². The number of nitrogens with one attached hydrogen (secondary N) is 2. The third-order valence-electron chi connectivity index (χ3n) is 2.39. The van der Waals surface area contributed by atoms with Crippen LogP contribution in [0.25, 0.3) is 0 Å². The Kier molecular flexibility index (Phi) is 6.13. The molecule has 1 heterocycles. The smallest absolute Gasteiger partial charge is 0.279 e. The fraction of sp³-hybridized carbons (Fsp3) is 0.600. The average Bonchev–Trinajstić information content (AvgIpc) is 2.38. The van der Waals surface area contributed by atoms with E-state index in [4.69, 9.17) is 0 Å². The second-order valence-corrected chi connectivity index (χ2v) is 5.67.